The topological polar surface area (TPSA) is 90.9 Å². The third-order valence-corrected chi connectivity index (χ3v) is 6.78. The van der Waals surface area contributed by atoms with Crippen LogP contribution >= 0.6 is 0 Å². The Morgan fingerprint density at radius 2 is 2.15 bits per heavy atom. The van der Waals surface area contributed by atoms with Crippen molar-refractivity contribution in [3.63, 3.8) is 0 Å². The van der Waals surface area contributed by atoms with Crippen molar-refractivity contribution in [1.82, 2.24) is 15.5 Å². The number of rotatable bonds is 4. The van der Waals surface area contributed by atoms with Crippen molar-refractivity contribution in [3.05, 3.63) is 29.8 Å². The first-order chi connectivity index (χ1) is 12.6. The monoisotopic (exact) mass is 376 g/mol. The third kappa shape index (κ3) is 3.23. The molecule has 2 N–H and O–H groups in total. The van der Waals surface area contributed by atoms with Gasteiger partial charge >= 0.3 is 0 Å². The van der Waals surface area contributed by atoms with E-state index in [1.807, 2.05) is 4.90 Å². The molecular formula is C18H24N4O3S. The molecule has 0 aliphatic carbocycles. The van der Waals surface area contributed by atoms with Gasteiger partial charge in [0.25, 0.3) is 10.0 Å². The van der Waals surface area contributed by atoms with Crippen molar-refractivity contribution in [2.24, 2.45) is 10.3 Å². The smallest absolute Gasteiger partial charge is 0.285 e. The zero-order chi connectivity index (χ0) is 18.1. The SMILES string of the molecule is O=C(NCCC1CCNC1)C1CCCN1C1=NS(=O)(=O)c2ccccc21. The number of hydrogen-bond donors (Lipinski definition) is 2. The Bertz CT molecular complexity index is 831. The molecule has 3 heterocycles. The molecule has 0 spiro atoms. The molecule has 4 rings (SSSR count). The fourth-order valence-electron chi connectivity index (χ4n) is 4.07. The molecule has 7 nitrogen and oxygen atoms in total. The van der Waals surface area contributed by atoms with Gasteiger partial charge in [-0.2, -0.15) is 8.42 Å². The van der Waals surface area contributed by atoms with Gasteiger partial charge in [-0.3, -0.25) is 4.79 Å². The molecule has 0 radical (unpaired) electrons. The van der Waals surface area contributed by atoms with Crippen LogP contribution in [0.2, 0.25) is 0 Å². The van der Waals surface area contributed by atoms with E-state index in [1.54, 1.807) is 24.3 Å². The first-order valence-corrected chi connectivity index (χ1v) is 10.7. The van der Waals surface area contributed by atoms with Crippen molar-refractivity contribution in [1.29, 1.82) is 0 Å². The predicted molar refractivity (Wildman–Crippen MR) is 98.5 cm³/mol. The summed E-state index contributed by atoms with van der Waals surface area (Å²) in [5, 5.41) is 6.37. The van der Waals surface area contributed by atoms with Gasteiger partial charge in [0.1, 0.15) is 10.9 Å². The maximum atomic E-state index is 12.7. The Morgan fingerprint density at radius 1 is 1.31 bits per heavy atom. The van der Waals surface area contributed by atoms with Gasteiger partial charge in [-0.05, 0) is 56.8 Å². The van der Waals surface area contributed by atoms with Crippen LogP contribution in [0.25, 0.3) is 0 Å². The molecule has 1 amide bonds. The Labute approximate surface area is 153 Å². The molecule has 3 aliphatic heterocycles. The number of carbonyl (C=O) groups is 1. The summed E-state index contributed by atoms with van der Waals surface area (Å²) in [5.74, 6) is 1.02. The molecular weight excluding hydrogens is 352 g/mol. The van der Waals surface area contributed by atoms with Crippen LogP contribution in [0.1, 0.15) is 31.2 Å². The molecule has 0 bridgehead atoms. The normalized spacial score (nSPS) is 26.6. The largest absolute Gasteiger partial charge is 0.354 e. The summed E-state index contributed by atoms with van der Waals surface area (Å²) >= 11 is 0. The molecule has 2 saturated heterocycles. The number of benzene rings is 1. The van der Waals surface area contributed by atoms with Crippen LogP contribution in [0.5, 0.6) is 0 Å². The summed E-state index contributed by atoms with van der Waals surface area (Å²) in [7, 11) is -3.66. The lowest BCUT2D eigenvalue weighted by atomic mass is 10.1. The number of carbonyl (C=O) groups excluding carboxylic acids is 1. The zero-order valence-electron chi connectivity index (χ0n) is 14.6. The molecule has 2 fully saturated rings. The van der Waals surface area contributed by atoms with E-state index in [0.29, 0.717) is 30.4 Å². The lowest BCUT2D eigenvalue weighted by molar-refractivity contribution is -0.124. The van der Waals surface area contributed by atoms with Gasteiger partial charge < -0.3 is 15.5 Å². The minimum Gasteiger partial charge on any atom is -0.354 e. The summed E-state index contributed by atoms with van der Waals surface area (Å²) in [6, 6.07) is 6.48. The Morgan fingerprint density at radius 3 is 2.96 bits per heavy atom. The van der Waals surface area contributed by atoms with E-state index in [4.69, 9.17) is 0 Å². The Hall–Kier alpha value is -1.93. The molecule has 0 saturated carbocycles. The second-order valence-electron chi connectivity index (χ2n) is 7.18. The molecule has 26 heavy (non-hydrogen) atoms. The summed E-state index contributed by atoms with van der Waals surface area (Å²) in [6.45, 7) is 3.39. The second-order valence-corrected chi connectivity index (χ2v) is 8.75. The first kappa shape index (κ1) is 17.5. The van der Waals surface area contributed by atoms with Gasteiger partial charge in [-0.1, -0.05) is 12.1 Å². The summed E-state index contributed by atoms with van der Waals surface area (Å²) in [6.07, 6.45) is 3.71. The summed E-state index contributed by atoms with van der Waals surface area (Å²) in [5.41, 5.74) is 0.601. The van der Waals surface area contributed by atoms with Crippen molar-refractivity contribution in [2.45, 2.75) is 36.6 Å². The second kappa shape index (κ2) is 7.00. The van der Waals surface area contributed by atoms with Crippen LogP contribution in [0.15, 0.2) is 33.6 Å². The highest BCUT2D eigenvalue weighted by Crippen LogP contribution is 2.31. The molecule has 3 aliphatic rings. The van der Waals surface area contributed by atoms with Crippen LogP contribution in [-0.2, 0) is 14.8 Å². The van der Waals surface area contributed by atoms with Crippen LogP contribution in [0.4, 0.5) is 0 Å². The predicted octanol–water partition coefficient (Wildman–Crippen LogP) is 0.716. The minimum atomic E-state index is -3.66. The van der Waals surface area contributed by atoms with Gasteiger partial charge in [0.2, 0.25) is 5.91 Å². The Balaban J connectivity index is 1.46. The van der Waals surface area contributed by atoms with Crippen molar-refractivity contribution >= 4 is 21.8 Å². The van der Waals surface area contributed by atoms with Crippen molar-refractivity contribution in [2.75, 3.05) is 26.2 Å². The van der Waals surface area contributed by atoms with E-state index < -0.39 is 10.0 Å². The average Bonchev–Trinajstić information content (AvgIpc) is 3.35. The van der Waals surface area contributed by atoms with E-state index >= 15 is 0 Å². The molecule has 0 aromatic heterocycles. The summed E-state index contributed by atoms with van der Waals surface area (Å²) in [4.78, 5) is 14.8. The van der Waals surface area contributed by atoms with Gasteiger partial charge in [0.15, 0.2) is 5.84 Å². The number of hydrogen-bond acceptors (Lipinski definition) is 5. The maximum Gasteiger partial charge on any atom is 0.285 e. The number of sulfonamides is 1. The molecule has 1 aromatic carbocycles. The van der Waals surface area contributed by atoms with Crippen LogP contribution in [0.3, 0.4) is 0 Å². The van der Waals surface area contributed by atoms with Gasteiger partial charge in [0.05, 0.1) is 0 Å². The van der Waals surface area contributed by atoms with E-state index in [0.717, 1.165) is 38.8 Å². The van der Waals surface area contributed by atoms with E-state index in [-0.39, 0.29) is 16.8 Å². The van der Waals surface area contributed by atoms with Gasteiger partial charge in [0, 0.05) is 18.7 Å². The standard InChI is InChI=1S/C18H24N4O3S/c23-18(20-10-8-13-7-9-19-12-13)15-5-3-11-22(15)17-14-4-1-2-6-16(14)26(24,25)21-17/h1-2,4,6,13,15,19H,3,5,7-12H2,(H,20,23). The maximum absolute atomic E-state index is 12.7. The molecule has 2 unspecified atom stereocenters. The number of nitrogens with zero attached hydrogens (tertiary/aromatic N) is 2. The first-order valence-electron chi connectivity index (χ1n) is 9.26. The average molecular weight is 376 g/mol. The van der Waals surface area contributed by atoms with Gasteiger partial charge in [-0.15, -0.1) is 4.40 Å². The van der Waals surface area contributed by atoms with Crippen LogP contribution in [0, 0.1) is 5.92 Å². The van der Waals surface area contributed by atoms with Crippen LogP contribution in [-0.4, -0.2) is 57.3 Å². The van der Waals surface area contributed by atoms with Crippen molar-refractivity contribution in [3.8, 4) is 0 Å². The number of amides is 1. The summed E-state index contributed by atoms with van der Waals surface area (Å²) < 4.78 is 28.6. The molecule has 2 atom stereocenters. The van der Waals surface area contributed by atoms with E-state index in [9.17, 15) is 13.2 Å². The molecule has 8 heteroatoms. The number of amidine groups is 1. The quantitative estimate of drug-likeness (QED) is 0.808. The number of fused-ring (bicyclic) bond motifs is 1. The van der Waals surface area contributed by atoms with Gasteiger partial charge in [-0.25, -0.2) is 0 Å². The number of likely N-dealkylation sites (tertiary alicyclic amines) is 1. The highest BCUT2D eigenvalue weighted by Gasteiger charge is 2.39. The van der Waals surface area contributed by atoms with E-state index in [2.05, 4.69) is 15.0 Å². The molecule has 140 valence electrons. The number of nitrogens with one attached hydrogen (secondary N) is 2. The Kier molecular flexibility index (Phi) is 4.71. The van der Waals surface area contributed by atoms with Crippen LogP contribution < -0.4 is 10.6 Å². The highest BCUT2D eigenvalue weighted by molar-refractivity contribution is 7.90. The fourth-order valence-corrected chi connectivity index (χ4v) is 5.28. The fraction of sp³-hybridized carbons (Fsp3) is 0.556. The molecule has 1 aromatic rings. The highest BCUT2D eigenvalue weighted by atomic mass is 32.2. The lowest BCUT2D eigenvalue weighted by Gasteiger charge is -2.25. The minimum absolute atomic E-state index is 0.0297. The van der Waals surface area contributed by atoms with E-state index in [1.165, 1.54) is 0 Å². The third-order valence-electron chi connectivity index (χ3n) is 5.45. The van der Waals surface area contributed by atoms with Crippen molar-refractivity contribution < 1.29 is 13.2 Å². The zero-order valence-corrected chi connectivity index (χ0v) is 15.5. The lowest BCUT2D eigenvalue weighted by Crippen LogP contribution is -2.46.